The molecule has 0 atom stereocenters. The third kappa shape index (κ3) is 3.04. The van der Waals surface area contributed by atoms with Gasteiger partial charge in [-0.05, 0) is 18.1 Å². The van der Waals surface area contributed by atoms with Gasteiger partial charge < -0.3 is 5.11 Å². The van der Waals surface area contributed by atoms with E-state index < -0.39 is 5.82 Å². The van der Waals surface area contributed by atoms with E-state index in [1.807, 2.05) is 6.92 Å². The van der Waals surface area contributed by atoms with Crippen molar-refractivity contribution in [3.8, 4) is 11.8 Å². The molecule has 0 unspecified atom stereocenters. The Morgan fingerprint density at radius 1 is 1.50 bits per heavy atom. The first-order chi connectivity index (χ1) is 6.20. The Hall–Kier alpha value is 0.0764. The molecule has 2 nitrogen and oxygen atoms in total. The van der Waals surface area contributed by atoms with Crippen LogP contribution in [0.5, 0.6) is 5.75 Å². The van der Waals surface area contributed by atoms with E-state index in [0.717, 1.165) is 12.5 Å². The normalized spacial score (nSPS) is 8.93. The maximum absolute atomic E-state index is 13.0. The third-order valence-electron chi connectivity index (χ3n) is 1.83. The standard InChI is InChI=1S/C10H10FNO.K/c1-2-3-7-8(6-12)9(11)4-5-10(7)13;/h4-5,13H,2-3H2,1H3;/q;+1/p-1. The zero-order valence-corrected chi connectivity index (χ0v) is 11.4. The van der Waals surface area contributed by atoms with Crippen LogP contribution in [0.1, 0.15) is 24.5 Å². The Labute approximate surface area is 125 Å². The maximum Gasteiger partial charge on any atom is 1.00 e. The fourth-order valence-corrected chi connectivity index (χ4v) is 1.22. The largest absolute Gasteiger partial charge is 1.00 e. The predicted molar refractivity (Wildman–Crippen MR) is 44.6 cm³/mol. The van der Waals surface area contributed by atoms with Gasteiger partial charge in [-0.25, -0.2) is 4.39 Å². The smallest absolute Gasteiger partial charge is 0.872 e. The van der Waals surface area contributed by atoms with E-state index in [9.17, 15) is 9.50 Å². The van der Waals surface area contributed by atoms with Gasteiger partial charge in [-0.15, -0.1) is 5.75 Å². The van der Waals surface area contributed by atoms with Crippen molar-refractivity contribution >= 4 is 0 Å². The molecule has 0 heterocycles. The quantitative estimate of drug-likeness (QED) is 0.580. The molecule has 14 heavy (non-hydrogen) atoms. The van der Waals surface area contributed by atoms with Crippen LogP contribution in [0.4, 0.5) is 4.39 Å². The zero-order valence-electron chi connectivity index (χ0n) is 8.30. The molecule has 0 N–H and O–H groups in total. The number of hydrogen-bond acceptors (Lipinski definition) is 2. The number of nitriles is 1. The van der Waals surface area contributed by atoms with Gasteiger partial charge in [-0.1, -0.05) is 19.4 Å². The molecule has 0 radical (unpaired) electrons. The summed E-state index contributed by atoms with van der Waals surface area (Å²) in [5.74, 6) is -0.856. The molecule has 0 fully saturated rings. The molecular formula is C10H9FKNO. The number of benzene rings is 1. The van der Waals surface area contributed by atoms with E-state index >= 15 is 0 Å². The van der Waals surface area contributed by atoms with Gasteiger partial charge in [0.15, 0.2) is 0 Å². The van der Waals surface area contributed by atoms with E-state index in [4.69, 9.17) is 5.26 Å². The van der Waals surface area contributed by atoms with Crippen LogP contribution in [-0.2, 0) is 6.42 Å². The molecule has 0 aromatic heterocycles. The van der Waals surface area contributed by atoms with Crippen LogP contribution in [0.3, 0.4) is 0 Å². The summed E-state index contributed by atoms with van der Waals surface area (Å²) in [7, 11) is 0. The van der Waals surface area contributed by atoms with E-state index in [2.05, 4.69) is 0 Å². The molecular weight excluding hydrogens is 208 g/mol. The van der Waals surface area contributed by atoms with Gasteiger partial charge >= 0.3 is 51.4 Å². The first-order valence-corrected chi connectivity index (χ1v) is 4.09. The van der Waals surface area contributed by atoms with Crippen LogP contribution in [-0.4, -0.2) is 0 Å². The Bertz CT molecular complexity index is 360. The van der Waals surface area contributed by atoms with Gasteiger partial charge in [0, 0.05) is 0 Å². The average Bonchev–Trinajstić information content (AvgIpc) is 2.12. The number of rotatable bonds is 2. The first-order valence-electron chi connectivity index (χ1n) is 4.09. The molecule has 0 bridgehead atoms. The molecule has 0 aliphatic carbocycles. The van der Waals surface area contributed by atoms with Gasteiger partial charge in [0.1, 0.15) is 11.9 Å². The summed E-state index contributed by atoms with van der Waals surface area (Å²) in [6, 6.07) is 3.92. The van der Waals surface area contributed by atoms with E-state index in [1.54, 1.807) is 6.07 Å². The average molecular weight is 217 g/mol. The predicted octanol–water partition coefficient (Wildman–Crippen LogP) is -1.27. The van der Waals surface area contributed by atoms with Crippen molar-refractivity contribution in [2.24, 2.45) is 0 Å². The summed E-state index contributed by atoms with van der Waals surface area (Å²) in [6.45, 7) is 1.88. The fourth-order valence-electron chi connectivity index (χ4n) is 1.22. The zero-order chi connectivity index (χ0) is 9.84. The van der Waals surface area contributed by atoms with Gasteiger partial charge in [-0.2, -0.15) is 5.26 Å². The minimum atomic E-state index is -0.606. The Kier molecular flexibility index (Phi) is 6.58. The van der Waals surface area contributed by atoms with Crippen LogP contribution in [0.2, 0.25) is 0 Å². The van der Waals surface area contributed by atoms with Gasteiger partial charge in [0.2, 0.25) is 0 Å². The number of halogens is 1. The maximum atomic E-state index is 13.0. The van der Waals surface area contributed by atoms with E-state index in [-0.39, 0.29) is 62.7 Å². The monoisotopic (exact) mass is 217 g/mol. The van der Waals surface area contributed by atoms with Gasteiger partial charge in [-0.3, -0.25) is 0 Å². The molecule has 0 saturated heterocycles. The van der Waals surface area contributed by atoms with Gasteiger partial charge in [0.05, 0.1) is 5.56 Å². The van der Waals surface area contributed by atoms with Crippen LogP contribution in [0, 0.1) is 17.1 Å². The molecule has 0 aliphatic heterocycles. The second-order valence-electron chi connectivity index (χ2n) is 2.76. The summed E-state index contributed by atoms with van der Waals surface area (Å²) in [5.41, 5.74) is 0.194. The molecule has 1 aromatic carbocycles. The van der Waals surface area contributed by atoms with Crippen LogP contribution in [0.15, 0.2) is 12.1 Å². The number of hydrogen-bond donors (Lipinski definition) is 0. The van der Waals surface area contributed by atoms with E-state index in [0.29, 0.717) is 12.0 Å². The molecule has 0 saturated carbocycles. The molecule has 4 heteroatoms. The van der Waals surface area contributed by atoms with Crippen molar-refractivity contribution in [2.75, 3.05) is 0 Å². The fraction of sp³-hybridized carbons (Fsp3) is 0.300. The topological polar surface area (TPSA) is 46.8 Å². The first kappa shape index (κ1) is 14.1. The molecule has 1 aromatic rings. The second kappa shape index (κ2) is 6.54. The Morgan fingerprint density at radius 3 is 2.64 bits per heavy atom. The molecule has 0 spiro atoms. The van der Waals surface area contributed by atoms with Crippen LogP contribution >= 0.6 is 0 Å². The van der Waals surface area contributed by atoms with Crippen molar-refractivity contribution in [3.05, 3.63) is 29.1 Å². The molecule has 0 amide bonds. The Morgan fingerprint density at radius 2 is 2.14 bits per heavy atom. The van der Waals surface area contributed by atoms with Crippen molar-refractivity contribution in [3.63, 3.8) is 0 Å². The van der Waals surface area contributed by atoms with Crippen LogP contribution in [0.25, 0.3) is 0 Å². The molecule has 0 aliphatic rings. The second-order valence-corrected chi connectivity index (χ2v) is 2.76. The minimum absolute atomic E-state index is 0. The van der Waals surface area contributed by atoms with Crippen molar-refractivity contribution in [2.45, 2.75) is 19.8 Å². The summed E-state index contributed by atoms with van der Waals surface area (Å²) in [6.07, 6.45) is 1.19. The van der Waals surface area contributed by atoms with Gasteiger partial charge in [0.25, 0.3) is 0 Å². The van der Waals surface area contributed by atoms with Crippen molar-refractivity contribution in [1.82, 2.24) is 0 Å². The SMILES string of the molecule is CCCc1c([O-])ccc(F)c1C#N.[K+]. The third-order valence-corrected chi connectivity index (χ3v) is 1.83. The number of nitrogens with zero attached hydrogens (tertiary/aromatic N) is 1. The van der Waals surface area contributed by atoms with Crippen molar-refractivity contribution < 1.29 is 60.9 Å². The Balaban J connectivity index is 0.00000169. The molecule has 68 valence electrons. The summed E-state index contributed by atoms with van der Waals surface area (Å²) >= 11 is 0. The summed E-state index contributed by atoms with van der Waals surface area (Å²) in [4.78, 5) is 0. The summed E-state index contributed by atoms with van der Waals surface area (Å²) in [5, 5.41) is 19.8. The summed E-state index contributed by atoms with van der Waals surface area (Å²) < 4.78 is 13.0. The minimum Gasteiger partial charge on any atom is -0.872 e. The van der Waals surface area contributed by atoms with Crippen molar-refractivity contribution in [1.29, 1.82) is 5.26 Å². The van der Waals surface area contributed by atoms with Crippen LogP contribution < -0.4 is 56.5 Å². The van der Waals surface area contributed by atoms with E-state index in [1.165, 1.54) is 6.07 Å². The molecule has 1 rings (SSSR count).